The molecule has 7 nitrogen and oxygen atoms in total. The molecule has 0 aromatic heterocycles. The summed E-state index contributed by atoms with van der Waals surface area (Å²) in [5.41, 5.74) is 0.960. The quantitative estimate of drug-likeness (QED) is 0.610. The number of anilines is 2. The molecule has 1 atom stereocenters. The fourth-order valence-electron chi connectivity index (χ4n) is 3.40. The molecule has 1 unspecified atom stereocenters. The van der Waals surface area contributed by atoms with E-state index in [4.69, 9.17) is 9.47 Å². The van der Waals surface area contributed by atoms with Gasteiger partial charge in [0.25, 0.3) is 15.9 Å². The van der Waals surface area contributed by atoms with Crippen LogP contribution in [0.15, 0.2) is 83.8 Å². The summed E-state index contributed by atoms with van der Waals surface area (Å²) in [5, 5.41) is 2.79. The van der Waals surface area contributed by atoms with Gasteiger partial charge in [-0.3, -0.25) is 9.10 Å². The van der Waals surface area contributed by atoms with Crippen molar-refractivity contribution in [2.45, 2.75) is 31.0 Å². The molecule has 0 spiro atoms. The zero-order valence-electron chi connectivity index (χ0n) is 17.8. The molecule has 3 aromatic rings. The number of benzene rings is 3. The Morgan fingerprint density at radius 2 is 1.66 bits per heavy atom. The van der Waals surface area contributed by atoms with E-state index in [1.54, 1.807) is 66.7 Å². The Balaban J connectivity index is 1.57. The number of nitrogens with zero attached hydrogens (tertiary/aromatic N) is 1. The van der Waals surface area contributed by atoms with Gasteiger partial charge in [-0.05, 0) is 62.4 Å². The average Bonchev–Trinajstić information content (AvgIpc) is 2.79. The maximum Gasteiger partial charge on any atom is 0.267 e. The molecule has 0 fully saturated rings. The number of nitrogens with one attached hydrogen (secondary N) is 1. The van der Waals surface area contributed by atoms with E-state index in [9.17, 15) is 13.2 Å². The van der Waals surface area contributed by atoms with Crippen molar-refractivity contribution in [2.75, 3.05) is 16.2 Å². The number of amides is 1. The number of hydrogen-bond donors (Lipinski definition) is 1. The molecule has 1 amide bonds. The second-order valence-electron chi connectivity index (χ2n) is 7.60. The van der Waals surface area contributed by atoms with Gasteiger partial charge in [-0.2, -0.15) is 0 Å². The number of carbonyl (C=O) groups is 1. The zero-order chi connectivity index (χ0) is 22.7. The molecule has 0 aliphatic carbocycles. The Kier molecular flexibility index (Phi) is 6.05. The molecular weight excluding hydrogens is 428 g/mol. The molecule has 0 bridgehead atoms. The normalized spacial score (nSPS) is 15.6. The van der Waals surface area contributed by atoms with Gasteiger partial charge < -0.3 is 14.8 Å². The van der Waals surface area contributed by atoms with Gasteiger partial charge in [0.15, 0.2) is 6.10 Å². The van der Waals surface area contributed by atoms with E-state index in [0.29, 0.717) is 22.9 Å². The largest absolute Gasteiger partial charge is 0.491 e. The number of ether oxygens (including phenoxy) is 2. The Bertz CT molecular complexity index is 1190. The van der Waals surface area contributed by atoms with Crippen LogP contribution in [-0.4, -0.2) is 33.1 Å². The summed E-state index contributed by atoms with van der Waals surface area (Å²) in [5.74, 6) is 0.588. The summed E-state index contributed by atoms with van der Waals surface area (Å²) in [6.07, 6.45) is -0.973. The summed E-state index contributed by atoms with van der Waals surface area (Å²) >= 11 is 0. The lowest BCUT2D eigenvalue weighted by Gasteiger charge is -2.34. The van der Waals surface area contributed by atoms with E-state index in [-0.39, 0.29) is 17.5 Å². The van der Waals surface area contributed by atoms with Crippen LogP contribution < -0.4 is 19.1 Å². The van der Waals surface area contributed by atoms with Gasteiger partial charge in [0.1, 0.15) is 11.5 Å². The van der Waals surface area contributed by atoms with Crippen LogP contribution in [0.3, 0.4) is 0 Å². The third-order valence-corrected chi connectivity index (χ3v) is 6.65. The fourth-order valence-corrected chi connectivity index (χ4v) is 4.89. The third kappa shape index (κ3) is 4.55. The molecule has 8 heteroatoms. The Morgan fingerprint density at radius 1 is 1.00 bits per heavy atom. The molecule has 166 valence electrons. The first kappa shape index (κ1) is 21.7. The minimum absolute atomic E-state index is 0.0451. The summed E-state index contributed by atoms with van der Waals surface area (Å²) in [4.78, 5) is 13.1. The van der Waals surface area contributed by atoms with Gasteiger partial charge in [-0.1, -0.05) is 30.3 Å². The highest BCUT2D eigenvalue weighted by Gasteiger charge is 2.37. The van der Waals surface area contributed by atoms with Crippen LogP contribution in [0.2, 0.25) is 0 Å². The highest BCUT2D eigenvalue weighted by Crippen LogP contribution is 2.37. The van der Waals surface area contributed by atoms with Crippen molar-refractivity contribution >= 4 is 27.3 Å². The first-order valence-electron chi connectivity index (χ1n) is 10.3. The van der Waals surface area contributed by atoms with E-state index in [1.165, 1.54) is 16.4 Å². The van der Waals surface area contributed by atoms with Crippen LogP contribution in [0.4, 0.5) is 11.4 Å². The fraction of sp³-hybridized carbons (Fsp3) is 0.208. The highest BCUT2D eigenvalue weighted by atomic mass is 32.2. The second-order valence-corrected chi connectivity index (χ2v) is 9.47. The van der Waals surface area contributed by atoms with E-state index >= 15 is 0 Å². The van der Waals surface area contributed by atoms with Gasteiger partial charge in [0.2, 0.25) is 0 Å². The minimum atomic E-state index is -3.88. The first-order chi connectivity index (χ1) is 15.3. The van der Waals surface area contributed by atoms with Gasteiger partial charge in [-0.15, -0.1) is 0 Å². The summed E-state index contributed by atoms with van der Waals surface area (Å²) < 4.78 is 39.4. The molecule has 1 aliphatic heterocycles. The number of fused-ring (bicyclic) bond motifs is 1. The van der Waals surface area contributed by atoms with E-state index < -0.39 is 22.0 Å². The van der Waals surface area contributed by atoms with Crippen molar-refractivity contribution < 1.29 is 22.7 Å². The molecule has 0 radical (unpaired) electrons. The smallest absolute Gasteiger partial charge is 0.267 e. The van der Waals surface area contributed by atoms with Crippen LogP contribution in [-0.2, 0) is 14.8 Å². The van der Waals surface area contributed by atoms with Crippen LogP contribution in [0.25, 0.3) is 0 Å². The SMILES string of the molecule is CC(C)Oc1ccc(NC(=O)C2CN(S(=O)(=O)c3ccccc3)c3ccccc3O2)cc1. The molecule has 4 rings (SSSR count). The van der Waals surface area contributed by atoms with Crippen molar-refractivity contribution in [3.05, 3.63) is 78.9 Å². The van der Waals surface area contributed by atoms with Crippen LogP contribution in [0, 0.1) is 0 Å². The predicted molar refractivity (Wildman–Crippen MR) is 123 cm³/mol. The van der Waals surface area contributed by atoms with Gasteiger partial charge in [0.05, 0.1) is 23.2 Å². The topological polar surface area (TPSA) is 84.9 Å². The molecule has 0 saturated carbocycles. The lowest BCUT2D eigenvalue weighted by atomic mass is 10.2. The number of sulfonamides is 1. The minimum Gasteiger partial charge on any atom is -0.491 e. The first-order valence-corrected chi connectivity index (χ1v) is 11.7. The summed E-state index contributed by atoms with van der Waals surface area (Å²) in [7, 11) is -3.88. The van der Waals surface area contributed by atoms with Gasteiger partial charge in [-0.25, -0.2) is 8.42 Å². The van der Waals surface area contributed by atoms with Crippen LogP contribution in [0.1, 0.15) is 13.8 Å². The molecule has 32 heavy (non-hydrogen) atoms. The lowest BCUT2D eigenvalue weighted by molar-refractivity contribution is -0.122. The van der Waals surface area contributed by atoms with Gasteiger partial charge >= 0.3 is 0 Å². The van der Waals surface area contributed by atoms with E-state index in [1.807, 2.05) is 13.8 Å². The molecule has 1 heterocycles. The monoisotopic (exact) mass is 452 g/mol. The average molecular weight is 453 g/mol. The Morgan fingerprint density at radius 3 is 2.34 bits per heavy atom. The number of hydrogen-bond acceptors (Lipinski definition) is 5. The molecule has 0 saturated heterocycles. The highest BCUT2D eigenvalue weighted by molar-refractivity contribution is 7.92. The Labute approximate surface area is 187 Å². The van der Waals surface area contributed by atoms with E-state index in [2.05, 4.69) is 5.32 Å². The van der Waals surface area contributed by atoms with Crippen molar-refractivity contribution in [1.29, 1.82) is 0 Å². The number of carbonyl (C=O) groups excluding carboxylic acids is 1. The van der Waals surface area contributed by atoms with E-state index in [0.717, 1.165) is 0 Å². The van der Waals surface area contributed by atoms with Gasteiger partial charge in [0, 0.05) is 5.69 Å². The number of rotatable bonds is 6. The summed E-state index contributed by atoms with van der Waals surface area (Å²) in [6, 6.07) is 21.9. The van der Waals surface area contributed by atoms with Crippen molar-refractivity contribution in [3.8, 4) is 11.5 Å². The van der Waals surface area contributed by atoms with Crippen molar-refractivity contribution in [3.63, 3.8) is 0 Å². The maximum absolute atomic E-state index is 13.3. The standard InChI is InChI=1S/C24H24N2O5S/c1-17(2)30-19-14-12-18(13-15-19)25-24(27)23-16-26(21-10-6-7-11-22(21)31-23)32(28,29)20-8-4-3-5-9-20/h3-15,17,23H,16H2,1-2H3,(H,25,27). The third-order valence-electron chi connectivity index (χ3n) is 4.85. The van der Waals surface area contributed by atoms with Crippen LogP contribution in [0.5, 0.6) is 11.5 Å². The predicted octanol–water partition coefficient (Wildman–Crippen LogP) is 4.07. The van der Waals surface area contributed by atoms with Crippen molar-refractivity contribution in [2.24, 2.45) is 0 Å². The van der Waals surface area contributed by atoms with Crippen molar-refractivity contribution in [1.82, 2.24) is 0 Å². The Hall–Kier alpha value is -3.52. The molecular formula is C24H24N2O5S. The lowest BCUT2D eigenvalue weighted by Crippen LogP contribution is -2.48. The molecule has 3 aromatic carbocycles. The second kappa shape index (κ2) is 8.92. The maximum atomic E-state index is 13.3. The summed E-state index contributed by atoms with van der Waals surface area (Å²) in [6.45, 7) is 3.72. The molecule has 1 N–H and O–H groups in total. The zero-order valence-corrected chi connectivity index (χ0v) is 18.6. The number of para-hydroxylation sites is 2. The molecule has 1 aliphatic rings. The van der Waals surface area contributed by atoms with Crippen LogP contribution >= 0.6 is 0 Å².